The van der Waals surface area contributed by atoms with Crippen molar-refractivity contribution in [2.75, 3.05) is 19.6 Å². The molecular weight excluding hydrogens is 242 g/mol. The van der Waals surface area contributed by atoms with E-state index in [2.05, 4.69) is 11.8 Å². The molecular formula is C15H23NOS. The van der Waals surface area contributed by atoms with Crippen molar-refractivity contribution in [1.29, 1.82) is 0 Å². The van der Waals surface area contributed by atoms with Crippen LogP contribution in [0.1, 0.15) is 48.7 Å². The summed E-state index contributed by atoms with van der Waals surface area (Å²) in [6.07, 6.45) is 6.51. The van der Waals surface area contributed by atoms with E-state index in [1.807, 2.05) is 17.5 Å². The molecule has 0 amide bonds. The van der Waals surface area contributed by atoms with Crippen LogP contribution in [-0.2, 0) is 0 Å². The number of nitrogens with zero attached hydrogens (tertiary/aromatic N) is 1. The number of carbonyl (C=O) groups excluding carboxylic acids is 1. The Bertz CT molecular complexity index is 361. The first kappa shape index (κ1) is 13.8. The highest BCUT2D eigenvalue weighted by molar-refractivity contribution is 7.12. The molecule has 1 aromatic rings. The summed E-state index contributed by atoms with van der Waals surface area (Å²) >= 11 is 1.56. The highest BCUT2D eigenvalue weighted by atomic mass is 32.1. The van der Waals surface area contributed by atoms with Crippen molar-refractivity contribution < 1.29 is 4.79 Å². The normalized spacial score (nSPS) is 21.7. The zero-order valence-electron chi connectivity index (χ0n) is 11.2. The van der Waals surface area contributed by atoms with Gasteiger partial charge in [-0.3, -0.25) is 9.69 Å². The summed E-state index contributed by atoms with van der Waals surface area (Å²) in [6, 6.07) is 3.89. The van der Waals surface area contributed by atoms with Crippen molar-refractivity contribution in [3.8, 4) is 0 Å². The van der Waals surface area contributed by atoms with Gasteiger partial charge in [-0.05, 0) is 49.7 Å². The van der Waals surface area contributed by atoms with E-state index in [9.17, 15) is 4.79 Å². The number of carbonyl (C=O) groups is 1. The monoisotopic (exact) mass is 265 g/mol. The topological polar surface area (TPSA) is 20.3 Å². The van der Waals surface area contributed by atoms with E-state index in [1.165, 1.54) is 32.1 Å². The third-order valence-corrected chi connectivity index (χ3v) is 4.71. The maximum atomic E-state index is 12.1. The fourth-order valence-electron chi connectivity index (χ4n) is 2.80. The summed E-state index contributed by atoms with van der Waals surface area (Å²) in [7, 11) is 0. The second-order valence-electron chi connectivity index (χ2n) is 5.26. The van der Waals surface area contributed by atoms with Crippen LogP contribution in [0.4, 0.5) is 0 Å². The van der Waals surface area contributed by atoms with Gasteiger partial charge in [0.25, 0.3) is 0 Å². The lowest BCUT2D eigenvalue weighted by Crippen LogP contribution is -2.30. The van der Waals surface area contributed by atoms with E-state index < -0.39 is 0 Å². The molecule has 0 saturated carbocycles. The first-order valence-electron chi connectivity index (χ1n) is 7.08. The summed E-state index contributed by atoms with van der Waals surface area (Å²) in [5.74, 6) is 1.18. The Hall–Kier alpha value is -0.670. The van der Waals surface area contributed by atoms with E-state index in [-0.39, 0.29) is 0 Å². The summed E-state index contributed by atoms with van der Waals surface area (Å²) in [6.45, 7) is 5.07. The number of hydrogen-bond donors (Lipinski definition) is 0. The Labute approximate surface area is 114 Å². The molecule has 1 fully saturated rings. The lowest BCUT2D eigenvalue weighted by molar-refractivity contribution is 0.0936. The van der Waals surface area contributed by atoms with Crippen molar-refractivity contribution in [3.63, 3.8) is 0 Å². The molecule has 2 nitrogen and oxygen atoms in total. The maximum Gasteiger partial charge on any atom is 0.186 e. The van der Waals surface area contributed by atoms with Crippen molar-refractivity contribution in [1.82, 2.24) is 4.90 Å². The zero-order valence-corrected chi connectivity index (χ0v) is 12.0. The van der Waals surface area contributed by atoms with Gasteiger partial charge in [0.05, 0.1) is 11.4 Å². The number of rotatable bonds is 5. The van der Waals surface area contributed by atoms with E-state index in [0.29, 0.717) is 12.3 Å². The highest BCUT2D eigenvalue weighted by Crippen LogP contribution is 2.22. The van der Waals surface area contributed by atoms with Crippen LogP contribution in [0.3, 0.4) is 0 Å². The van der Waals surface area contributed by atoms with Crippen molar-refractivity contribution in [2.24, 2.45) is 5.92 Å². The molecule has 0 aromatic carbocycles. The van der Waals surface area contributed by atoms with E-state index in [1.54, 1.807) is 11.3 Å². The minimum absolute atomic E-state index is 0.291. The molecule has 0 aliphatic carbocycles. The molecule has 0 N–H and O–H groups in total. The largest absolute Gasteiger partial charge is 0.296 e. The molecule has 1 atom stereocenters. The SMILES string of the molecule is CCCC1CCCN(CC(=O)c2cccs2)CC1. The summed E-state index contributed by atoms with van der Waals surface area (Å²) < 4.78 is 0. The zero-order chi connectivity index (χ0) is 12.8. The van der Waals surface area contributed by atoms with Gasteiger partial charge in [0.15, 0.2) is 5.78 Å². The van der Waals surface area contributed by atoms with Crippen molar-refractivity contribution in [3.05, 3.63) is 22.4 Å². The van der Waals surface area contributed by atoms with Gasteiger partial charge >= 0.3 is 0 Å². The second kappa shape index (κ2) is 7.05. The number of ketones is 1. The number of thiophene rings is 1. The third-order valence-electron chi connectivity index (χ3n) is 3.80. The second-order valence-corrected chi connectivity index (χ2v) is 6.21. The fraction of sp³-hybridized carbons (Fsp3) is 0.667. The third kappa shape index (κ3) is 3.92. The molecule has 1 aromatic heterocycles. The minimum Gasteiger partial charge on any atom is -0.296 e. The maximum absolute atomic E-state index is 12.1. The van der Waals surface area contributed by atoms with Crippen LogP contribution in [0.5, 0.6) is 0 Å². The quantitative estimate of drug-likeness (QED) is 0.754. The Morgan fingerprint density at radius 2 is 2.33 bits per heavy atom. The van der Waals surface area contributed by atoms with Gasteiger partial charge in [0.2, 0.25) is 0 Å². The van der Waals surface area contributed by atoms with Gasteiger partial charge in [0.1, 0.15) is 0 Å². The van der Waals surface area contributed by atoms with Crippen LogP contribution in [0.15, 0.2) is 17.5 Å². The first-order chi connectivity index (χ1) is 8.79. The Morgan fingerprint density at radius 3 is 3.06 bits per heavy atom. The molecule has 1 unspecified atom stereocenters. The molecule has 2 rings (SSSR count). The first-order valence-corrected chi connectivity index (χ1v) is 7.96. The predicted octanol–water partition coefficient (Wildman–Crippen LogP) is 3.83. The Balaban J connectivity index is 1.81. The summed E-state index contributed by atoms with van der Waals surface area (Å²) in [4.78, 5) is 15.3. The van der Waals surface area contributed by atoms with Gasteiger partial charge in [-0.2, -0.15) is 0 Å². The molecule has 2 heterocycles. The van der Waals surface area contributed by atoms with Gasteiger partial charge in [0, 0.05) is 0 Å². The lowest BCUT2D eigenvalue weighted by Gasteiger charge is -2.18. The van der Waals surface area contributed by atoms with Crippen molar-refractivity contribution >= 4 is 17.1 Å². The summed E-state index contributed by atoms with van der Waals surface area (Å²) in [5.41, 5.74) is 0. The Morgan fingerprint density at radius 1 is 1.44 bits per heavy atom. The van der Waals surface area contributed by atoms with Crippen LogP contribution < -0.4 is 0 Å². The number of Topliss-reactive ketones (excluding diaryl/α,β-unsaturated/α-hetero) is 1. The molecule has 1 saturated heterocycles. The van der Waals surface area contributed by atoms with Gasteiger partial charge in [-0.25, -0.2) is 0 Å². The van der Waals surface area contributed by atoms with Crippen LogP contribution in [0.2, 0.25) is 0 Å². The van der Waals surface area contributed by atoms with E-state index in [4.69, 9.17) is 0 Å². The standard InChI is InChI=1S/C15H23NOS/c1-2-5-13-6-3-9-16(10-8-13)12-14(17)15-7-4-11-18-15/h4,7,11,13H,2-3,5-6,8-10,12H2,1H3. The highest BCUT2D eigenvalue weighted by Gasteiger charge is 2.19. The molecule has 1 aliphatic heterocycles. The Kier molecular flexibility index (Phi) is 5.39. The average Bonchev–Trinajstić information content (AvgIpc) is 2.81. The molecule has 0 bridgehead atoms. The molecule has 0 radical (unpaired) electrons. The minimum atomic E-state index is 0.291. The smallest absolute Gasteiger partial charge is 0.186 e. The molecule has 100 valence electrons. The lowest BCUT2D eigenvalue weighted by atomic mass is 9.96. The van der Waals surface area contributed by atoms with Gasteiger partial charge in [-0.15, -0.1) is 11.3 Å². The van der Waals surface area contributed by atoms with Crippen LogP contribution in [0.25, 0.3) is 0 Å². The number of likely N-dealkylation sites (tertiary alicyclic amines) is 1. The summed E-state index contributed by atoms with van der Waals surface area (Å²) in [5, 5.41) is 1.98. The van der Waals surface area contributed by atoms with Gasteiger partial charge < -0.3 is 0 Å². The molecule has 3 heteroatoms. The average molecular weight is 265 g/mol. The molecule has 18 heavy (non-hydrogen) atoms. The van der Waals surface area contributed by atoms with Crippen molar-refractivity contribution in [2.45, 2.75) is 39.0 Å². The van der Waals surface area contributed by atoms with Gasteiger partial charge in [-0.1, -0.05) is 25.8 Å². The van der Waals surface area contributed by atoms with E-state index in [0.717, 1.165) is 23.9 Å². The van der Waals surface area contributed by atoms with Crippen LogP contribution in [-0.4, -0.2) is 30.3 Å². The van der Waals surface area contributed by atoms with Crippen LogP contribution >= 0.6 is 11.3 Å². The number of hydrogen-bond acceptors (Lipinski definition) is 3. The fourth-order valence-corrected chi connectivity index (χ4v) is 3.45. The van der Waals surface area contributed by atoms with E-state index >= 15 is 0 Å². The molecule has 1 aliphatic rings. The molecule has 0 spiro atoms. The predicted molar refractivity (Wildman–Crippen MR) is 77.3 cm³/mol. The van der Waals surface area contributed by atoms with Crippen LogP contribution in [0, 0.1) is 5.92 Å².